The molecule has 3 nitrogen and oxygen atoms in total. The van der Waals surface area contributed by atoms with Crippen LogP contribution in [0, 0.1) is 6.07 Å². The first-order chi connectivity index (χ1) is 7.42. The molecule has 3 heteroatoms. The van der Waals surface area contributed by atoms with Gasteiger partial charge in [0.1, 0.15) is 5.52 Å². The van der Waals surface area contributed by atoms with Crippen molar-refractivity contribution in [1.82, 2.24) is 9.88 Å². The maximum absolute atomic E-state index is 5.66. The molecule has 1 radical (unpaired) electrons. The summed E-state index contributed by atoms with van der Waals surface area (Å²) in [5.41, 5.74) is 1.77. The summed E-state index contributed by atoms with van der Waals surface area (Å²) in [4.78, 5) is 6.82. The fourth-order valence-electron chi connectivity index (χ4n) is 2.06. The molecule has 0 aliphatic carbocycles. The number of nitrogens with zero attached hydrogens (tertiary/aromatic N) is 2. The molecule has 77 valence electrons. The zero-order valence-corrected chi connectivity index (χ0v) is 8.57. The van der Waals surface area contributed by atoms with Crippen molar-refractivity contribution in [3.05, 3.63) is 30.2 Å². The summed E-state index contributed by atoms with van der Waals surface area (Å²) < 4.78 is 5.66. The first-order valence-electron chi connectivity index (χ1n) is 5.40. The molecular formula is C12H13N2O. The van der Waals surface area contributed by atoms with Crippen LogP contribution in [0.15, 0.2) is 22.6 Å². The fourth-order valence-corrected chi connectivity index (χ4v) is 2.06. The van der Waals surface area contributed by atoms with Gasteiger partial charge in [0, 0.05) is 0 Å². The lowest BCUT2D eigenvalue weighted by atomic mass is 10.3. The maximum Gasteiger partial charge on any atom is 0.209 e. The molecule has 0 N–H and O–H groups in total. The molecule has 1 fully saturated rings. The van der Waals surface area contributed by atoms with Crippen molar-refractivity contribution in [2.75, 3.05) is 13.1 Å². The number of benzene rings is 1. The standard InChI is InChI=1S/C12H13N2O/c1-2-6-11-10(5-1)13-12(15-11)9-14-7-3-4-8-14/h2,5-6H,3-4,7-9H2. The van der Waals surface area contributed by atoms with Crippen LogP contribution in [0.2, 0.25) is 0 Å². The number of fused-ring (bicyclic) bond motifs is 1. The van der Waals surface area contributed by atoms with Gasteiger partial charge in [-0.15, -0.1) is 0 Å². The van der Waals surface area contributed by atoms with Crippen LogP contribution in [0.3, 0.4) is 0 Å². The van der Waals surface area contributed by atoms with Gasteiger partial charge in [-0.05, 0) is 44.1 Å². The summed E-state index contributed by atoms with van der Waals surface area (Å²) in [6.07, 6.45) is 2.60. The summed E-state index contributed by atoms with van der Waals surface area (Å²) >= 11 is 0. The molecule has 1 aliphatic heterocycles. The van der Waals surface area contributed by atoms with Crippen molar-refractivity contribution in [2.45, 2.75) is 19.4 Å². The molecular weight excluding hydrogens is 188 g/mol. The topological polar surface area (TPSA) is 29.3 Å². The Morgan fingerprint density at radius 2 is 2.27 bits per heavy atom. The van der Waals surface area contributed by atoms with E-state index in [1.807, 2.05) is 18.2 Å². The Bertz CT molecular complexity index is 424. The van der Waals surface area contributed by atoms with Crippen molar-refractivity contribution >= 4 is 11.1 Å². The SMILES string of the molecule is [c]1ccc2oc(CN3CCCC3)nc2c1. The van der Waals surface area contributed by atoms with Crippen LogP contribution in [-0.4, -0.2) is 23.0 Å². The van der Waals surface area contributed by atoms with E-state index in [1.165, 1.54) is 25.9 Å². The molecule has 1 aromatic carbocycles. The van der Waals surface area contributed by atoms with E-state index >= 15 is 0 Å². The number of hydrogen-bond donors (Lipinski definition) is 0. The van der Waals surface area contributed by atoms with Crippen LogP contribution in [0.4, 0.5) is 0 Å². The third-order valence-corrected chi connectivity index (χ3v) is 2.83. The molecule has 0 atom stereocenters. The molecule has 0 spiro atoms. The predicted octanol–water partition coefficient (Wildman–Crippen LogP) is 2.22. The fraction of sp³-hybridized carbons (Fsp3) is 0.417. The third kappa shape index (κ3) is 1.75. The molecule has 0 unspecified atom stereocenters. The second kappa shape index (κ2) is 3.66. The molecule has 2 aromatic rings. The van der Waals surface area contributed by atoms with E-state index in [0.717, 1.165) is 23.5 Å². The third-order valence-electron chi connectivity index (χ3n) is 2.83. The minimum Gasteiger partial charge on any atom is -0.439 e. The Labute approximate surface area is 88.7 Å². The summed E-state index contributed by atoms with van der Waals surface area (Å²) in [5, 5.41) is 0. The second-order valence-electron chi connectivity index (χ2n) is 3.98. The first kappa shape index (κ1) is 8.92. The summed E-state index contributed by atoms with van der Waals surface area (Å²) in [6.45, 7) is 3.18. The maximum atomic E-state index is 5.66. The van der Waals surface area contributed by atoms with E-state index in [9.17, 15) is 0 Å². The second-order valence-corrected chi connectivity index (χ2v) is 3.98. The van der Waals surface area contributed by atoms with Gasteiger partial charge in [-0.3, -0.25) is 4.90 Å². The quantitative estimate of drug-likeness (QED) is 0.746. The molecule has 0 saturated carbocycles. The van der Waals surface area contributed by atoms with Crippen molar-refractivity contribution in [3.8, 4) is 0 Å². The van der Waals surface area contributed by atoms with E-state index in [1.54, 1.807) is 0 Å². The lowest BCUT2D eigenvalue weighted by molar-refractivity contribution is 0.295. The minimum absolute atomic E-state index is 0.825. The van der Waals surface area contributed by atoms with Gasteiger partial charge in [0.15, 0.2) is 5.58 Å². The molecule has 15 heavy (non-hydrogen) atoms. The van der Waals surface area contributed by atoms with Crippen molar-refractivity contribution < 1.29 is 4.42 Å². The first-order valence-corrected chi connectivity index (χ1v) is 5.40. The van der Waals surface area contributed by atoms with Gasteiger partial charge < -0.3 is 4.42 Å². The van der Waals surface area contributed by atoms with E-state index in [0.29, 0.717) is 0 Å². The van der Waals surface area contributed by atoms with Crippen molar-refractivity contribution in [2.24, 2.45) is 0 Å². The molecule has 0 bridgehead atoms. The van der Waals surface area contributed by atoms with E-state index in [2.05, 4.69) is 16.0 Å². The Morgan fingerprint density at radius 1 is 1.40 bits per heavy atom. The number of likely N-dealkylation sites (tertiary alicyclic amines) is 1. The van der Waals surface area contributed by atoms with Crippen LogP contribution in [0.25, 0.3) is 11.1 Å². The Hall–Kier alpha value is -1.35. The minimum atomic E-state index is 0.825. The number of rotatable bonds is 2. The van der Waals surface area contributed by atoms with E-state index in [-0.39, 0.29) is 0 Å². The van der Waals surface area contributed by atoms with E-state index in [4.69, 9.17) is 4.42 Å². The Kier molecular flexibility index (Phi) is 2.18. The van der Waals surface area contributed by atoms with Gasteiger partial charge in [-0.25, -0.2) is 4.98 Å². The van der Waals surface area contributed by atoms with Crippen molar-refractivity contribution in [1.29, 1.82) is 0 Å². The summed E-state index contributed by atoms with van der Waals surface area (Å²) in [5.74, 6) is 0.825. The summed E-state index contributed by atoms with van der Waals surface area (Å²) in [7, 11) is 0. The van der Waals surface area contributed by atoms with Gasteiger partial charge in [0.2, 0.25) is 5.89 Å². The van der Waals surface area contributed by atoms with Gasteiger partial charge >= 0.3 is 0 Å². The lowest BCUT2D eigenvalue weighted by Gasteiger charge is -2.10. The average molecular weight is 201 g/mol. The van der Waals surface area contributed by atoms with Gasteiger partial charge in [-0.1, -0.05) is 6.07 Å². The Balaban J connectivity index is 1.84. The van der Waals surface area contributed by atoms with Crippen molar-refractivity contribution in [3.63, 3.8) is 0 Å². The normalized spacial score (nSPS) is 17.6. The highest BCUT2D eigenvalue weighted by atomic mass is 16.3. The van der Waals surface area contributed by atoms with Gasteiger partial charge in [0.05, 0.1) is 6.54 Å². The highest BCUT2D eigenvalue weighted by Gasteiger charge is 2.14. The number of aromatic nitrogens is 1. The zero-order valence-electron chi connectivity index (χ0n) is 8.57. The Morgan fingerprint density at radius 3 is 3.07 bits per heavy atom. The molecule has 0 amide bonds. The number of oxazole rings is 1. The van der Waals surface area contributed by atoms with Crippen LogP contribution in [0.5, 0.6) is 0 Å². The zero-order chi connectivity index (χ0) is 10.1. The smallest absolute Gasteiger partial charge is 0.209 e. The molecule has 3 rings (SSSR count). The van der Waals surface area contributed by atoms with Gasteiger partial charge in [0.25, 0.3) is 0 Å². The van der Waals surface area contributed by atoms with Crippen LogP contribution >= 0.6 is 0 Å². The lowest BCUT2D eigenvalue weighted by Crippen LogP contribution is -2.18. The van der Waals surface area contributed by atoms with Gasteiger partial charge in [-0.2, -0.15) is 0 Å². The predicted molar refractivity (Wildman–Crippen MR) is 57.4 cm³/mol. The summed E-state index contributed by atoms with van der Waals surface area (Å²) in [6, 6.07) is 8.64. The molecule has 1 aliphatic rings. The molecule has 1 saturated heterocycles. The highest BCUT2D eigenvalue weighted by molar-refractivity contribution is 5.71. The van der Waals surface area contributed by atoms with Crippen LogP contribution in [0.1, 0.15) is 18.7 Å². The highest BCUT2D eigenvalue weighted by Crippen LogP contribution is 2.17. The molecule has 1 aromatic heterocycles. The molecule has 2 heterocycles. The average Bonchev–Trinajstić information content (AvgIpc) is 2.86. The van der Waals surface area contributed by atoms with Crippen LogP contribution in [-0.2, 0) is 6.54 Å². The monoisotopic (exact) mass is 201 g/mol. The van der Waals surface area contributed by atoms with E-state index < -0.39 is 0 Å². The largest absolute Gasteiger partial charge is 0.439 e. The van der Waals surface area contributed by atoms with Crippen LogP contribution < -0.4 is 0 Å². The number of hydrogen-bond acceptors (Lipinski definition) is 3.